The fourth-order valence-electron chi connectivity index (χ4n) is 4.84. The van der Waals surface area contributed by atoms with Crippen molar-refractivity contribution >= 4 is 33.7 Å². The van der Waals surface area contributed by atoms with Crippen molar-refractivity contribution < 1.29 is 30.6 Å². The lowest BCUT2D eigenvalue weighted by Gasteiger charge is -2.12. The van der Waals surface area contributed by atoms with E-state index in [1.54, 1.807) is 36.7 Å². The van der Waals surface area contributed by atoms with Crippen molar-refractivity contribution in [2.24, 2.45) is 0 Å². The second-order valence-corrected chi connectivity index (χ2v) is 9.74. The molecule has 10 heteroatoms. The first-order valence-corrected chi connectivity index (χ1v) is 13.1. The first kappa shape index (κ1) is 29.1. The Morgan fingerprint density at radius 2 is 0.841 bits per heavy atom. The molecule has 2 aromatic heterocycles. The number of phenols is 6. The van der Waals surface area contributed by atoms with Crippen LogP contribution < -0.4 is 11.1 Å². The Labute approximate surface area is 249 Å². The predicted molar refractivity (Wildman–Crippen MR) is 169 cm³/mol. The Balaban J connectivity index is 0.000000175. The van der Waals surface area contributed by atoms with E-state index in [9.17, 15) is 40.2 Å². The molecule has 220 valence electrons. The zero-order chi connectivity index (χ0) is 31.7. The van der Waals surface area contributed by atoms with Gasteiger partial charge in [-0.1, -0.05) is 25.3 Å². The van der Waals surface area contributed by atoms with Gasteiger partial charge in [0.05, 0.1) is 10.8 Å². The Hall–Kier alpha value is -6.42. The highest BCUT2D eigenvalue weighted by Crippen LogP contribution is 2.32. The van der Waals surface area contributed by atoms with E-state index in [0.29, 0.717) is 33.3 Å². The van der Waals surface area contributed by atoms with Gasteiger partial charge in [-0.3, -0.25) is 18.7 Å². The summed E-state index contributed by atoms with van der Waals surface area (Å²) < 4.78 is 2.71. The maximum absolute atomic E-state index is 12.6. The molecular formula is C34H26N2O8. The molecule has 0 saturated carbocycles. The van der Waals surface area contributed by atoms with E-state index in [1.807, 2.05) is 0 Å². The van der Waals surface area contributed by atoms with Gasteiger partial charge in [-0.2, -0.15) is 0 Å². The van der Waals surface area contributed by atoms with Crippen molar-refractivity contribution in [2.75, 3.05) is 0 Å². The van der Waals surface area contributed by atoms with Crippen LogP contribution in [0.5, 0.6) is 34.5 Å². The molecule has 0 radical (unpaired) electrons. The summed E-state index contributed by atoms with van der Waals surface area (Å²) >= 11 is 0. The highest BCUT2D eigenvalue weighted by Gasteiger charge is 2.15. The van der Waals surface area contributed by atoms with E-state index < -0.39 is 11.1 Å². The van der Waals surface area contributed by atoms with Gasteiger partial charge in [0.1, 0.15) is 34.5 Å². The third-order valence-corrected chi connectivity index (χ3v) is 6.92. The van der Waals surface area contributed by atoms with Crippen molar-refractivity contribution in [1.29, 1.82) is 0 Å². The topological polar surface area (TPSA) is 165 Å². The summed E-state index contributed by atoms with van der Waals surface area (Å²) in [5.74, 6) is -0.666. The Bertz CT molecular complexity index is 2040. The highest BCUT2D eigenvalue weighted by molar-refractivity contribution is 5.96. The van der Waals surface area contributed by atoms with Crippen LogP contribution in [0, 0.1) is 0 Å². The van der Waals surface area contributed by atoms with E-state index >= 15 is 0 Å². The van der Waals surface area contributed by atoms with E-state index in [2.05, 4.69) is 13.2 Å². The predicted octanol–water partition coefficient (Wildman–Crippen LogP) is 5.50. The van der Waals surface area contributed by atoms with Gasteiger partial charge in [-0.05, 0) is 71.8 Å². The van der Waals surface area contributed by atoms with Crippen LogP contribution in [-0.2, 0) is 0 Å². The zero-order valence-corrected chi connectivity index (χ0v) is 23.0. The van der Waals surface area contributed by atoms with Crippen LogP contribution in [-0.4, -0.2) is 39.8 Å². The number of fused-ring (bicyclic) bond motifs is 2. The first-order valence-electron chi connectivity index (χ1n) is 13.1. The summed E-state index contributed by atoms with van der Waals surface area (Å²) in [6.45, 7) is 7.40. The van der Waals surface area contributed by atoms with E-state index in [1.165, 1.54) is 57.7 Å². The van der Waals surface area contributed by atoms with Crippen LogP contribution >= 0.6 is 0 Å². The number of pyridine rings is 2. The maximum atomic E-state index is 12.6. The van der Waals surface area contributed by atoms with E-state index in [-0.39, 0.29) is 45.3 Å². The van der Waals surface area contributed by atoms with Crippen LogP contribution in [0.25, 0.3) is 45.1 Å². The number of aromatic hydroxyl groups is 6. The van der Waals surface area contributed by atoms with Crippen LogP contribution in [0.1, 0.15) is 11.1 Å². The number of benzene rings is 4. The normalized spacial score (nSPS) is 10.7. The number of hydrogen-bond donors (Lipinski definition) is 6. The molecule has 6 rings (SSSR count). The second-order valence-electron chi connectivity index (χ2n) is 9.74. The first-order chi connectivity index (χ1) is 21.0. The Morgan fingerprint density at radius 1 is 0.500 bits per heavy atom. The third-order valence-electron chi connectivity index (χ3n) is 6.92. The molecule has 0 aliphatic heterocycles. The van der Waals surface area contributed by atoms with Gasteiger partial charge in [-0.15, -0.1) is 0 Å². The largest absolute Gasteiger partial charge is 0.508 e. The summed E-state index contributed by atoms with van der Waals surface area (Å²) in [7, 11) is 0. The summed E-state index contributed by atoms with van der Waals surface area (Å²) in [6.07, 6.45) is 6.22. The second kappa shape index (κ2) is 11.5. The number of phenolic OH excluding ortho intramolecular Hbond substituents is 6. The van der Waals surface area contributed by atoms with Gasteiger partial charge in [0, 0.05) is 46.7 Å². The fourth-order valence-corrected chi connectivity index (χ4v) is 4.84. The Kier molecular flexibility index (Phi) is 7.57. The van der Waals surface area contributed by atoms with Crippen LogP contribution in [0.4, 0.5) is 0 Å². The van der Waals surface area contributed by atoms with Crippen molar-refractivity contribution in [3.63, 3.8) is 0 Å². The van der Waals surface area contributed by atoms with Gasteiger partial charge in [0.15, 0.2) is 0 Å². The van der Waals surface area contributed by atoms with Gasteiger partial charge >= 0.3 is 0 Å². The summed E-state index contributed by atoms with van der Waals surface area (Å²) in [5, 5.41) is 59.0. The third kappa shape index (κ3) is 5.30. The van der Waals surface area contributed by atoms with Gasteiger partial charge in [-0.25, -0.2) is 0 Å². The lowest BCUT2D eigenvalue weighted by atomic mass is 10.1. The minimum absolute atomic E-state index is 0.0919. The smallest absolute Gasteiger partial charge is 0.266 e. The molecular weight excluding hydrogens is 564 g/mol. The molecule has 0 atom stereocenters. The lowest BCUT2D eigenvalue weighted by molar-refractivity contribution is 0.453. The lowest BCUT2D eigenvalue weighted by Crippen LogP contribution is -2.18. The average molecular weight is 591 g/mol. The summed E-state index contributed by atoms with van der Waals surface area (Å²) in [6, 6.07) is 17.3. The molecule has 0 spiro atoms. The van der Waals surface area contributed by atoms with Crippen LogP contribution in [0.15, 0.2) is 108 Å². The van der Waals surface area contributed by atoms with Gasteiger partial charge < -0.3 is 30.6 Å². The number of nitrogens with zero attached hydrogens (tertiary/aromatic N) is 2. The van der Waals surface area contributed by atoms with Gasteiger partial charge in [0.2, 0.25) is 0 Å². The standard InChI is InChI=1S/2C17H13NO4/c2*1-2-10-9-18(11-3-5-12(19)6-4-11)17(22)16-14(10)7-13(20)8-15(16)21/h2*2-9,19-21H,1H2. The summed E-state index contributed by atoms with van der Waals surface area (Å²) in [4.78, 5) is 25.3. The molecule has 4 aromatic carbocycles. The quantitative estimate of drug-likeness (QED) is 0.157. The number of aromatic nitrogens is 2. The van der Waals surface area contributed by atoms with Crippen molar-refractivity contribution in [3.05, 3.63) is 130 Å². The molecule has 0 unspecified atom stereocenters. The Morgan fingerprint density at radius 3 is 1.16 bits per heavy atom. The van der Waals surface area contributed by atoms with E-state index in [4.69, 9.17) is 0 Å². The maximum Gasteiger partial charge on any atom is 0.266 e. The molecule has 6 aromatic rings. The van der Waals surface area contributed by atoms with Crippen LogP contribution in [0.2, 0.25) is 0 Å². The minimum atomic E-state index is -0.427. The minimum Gasteiger partial charge on any atom is -0.508 e. The molecule has 0 aliphatic rings. The van der Waals surface area contributed by atoms with Crippen molar-refractivity contribution in [2.45, 2.75) is 0 Å². The highest BCUT2D eigenvalue weighted by atomic mass is 16.3. The number of rotatable bonds is 4. The molecule has 0 fully saturated rings. The van der Waals surface area contributed by atoms with E-state index in [0.717, 1.165) is 12.1 Å². The monoisotopic (exact) mass is 590 g/mol. The molecule has 44 heavy (non-hydrogen) atoms. The average Bonchev–Trinajstić information content (AvgIpc) is 2.98. The molecule has 0 bridgehead atoms. The zero-order valence-electron chi connectivity index (χ0n) is 23.0. The molecule has 6 N–H and O–H groups in total. The molecule has 2 heterocycles. The number of hydrogen-bond acceptors (Lipinski definition) is 8. The van der Waals surface area contributed by atoms with Gasteiger partial charge in [0.25, 0.3) is 11.1 Å². The van der Waals surface area contributed by atoms with Crippen molar-refractivity contribution in [3.8, 4) is 45.9 Å². The van der Waals surface area contributed by atoms with Crippen LogP contribution in [0.3, 0.4) is 0 Å². The SMILES string of the molecule is C=Cc1cn(-c2ccc(O)cc2)c(=O)c2c(O)cc(O)cc12.C=Cc1cn(-c2ccc(O)cc2)c(=O)c2c(O)cc(O)cc12. The molecule has 0 amide bonds. The van der Waals surface area contributed by atoms with Crippen molar-refractivity contribution in [1.82, 2.24) is 9.13 Å². The molecule has 10 nitrogen and oxygen atoms in total. The summed E-state index contributed by atoms with van der Waals surface area (Å²) in [5.41, 5.74) is 1.41. The molecule has 0 aliphatic carbocycles. The fraction of sp³-hybridized carbons (Fsp3) is 0. The molecule has 0 saturated heterocycles.